The van der Waals surface area contributed by atoms with E-state index in [1.807, 2.05) is 167 Å². The van der Waals surface area contributed by atoms with Crippen molar-refractivity contribution in [3.8, 4) is 24.3 Å². The number of aromatic nitrogens is 8. The van der Waals surface area contributed by atoms with Crippen LogP contribution in [0.3, 0.4) is 0 Å². The second kappa shape index (κ2) is 51.5. The van der Waals surface area contributed by atoms with Crippen molar-refractivity contribution in [1.29, 1.82) is 21.0 Å². The smallest absolute Gasteiger partial charge is 0.466 e. The van der Waals surface area contributed by atoms with E-state index in [9.17, 15) is 58.2 Å². The maximum atomic E-state index is 12.2. The summed E-state index contributed by atoms with van der Waals surface area (Å²) in [7, 11) is 2.68. The van der Waals surface area contributed by atoms with E-state index >= 15 is 0 Å². The molecule has 4 aromatic heterocycles. The zero-order valence-corrected chi connectivity index (χ0v) is 82.6. The molecule has 0 N–H and O–H groups in total. The Balaban J connectivity index is 0.000000316. The third-order valence-corrected chi connectivity index (χ3v) is 21.3. The maximum Gasteiger partial charge on any atom is 0.511 e. The molecule has 134 heavy (non-hydrogen) atoms. The van der Waals surface area contributed by atoms with Crippen LogP contribution in [0.1, 0.15) is 223 Å². The van der Waals surface area contributed by atoms with Crippen molar-refractivity contribution in [3.05, 3.63) is 209 Å². The summed E-state index contributed by atoms with van der Waals surface area (Å²) < 4.78 is 115. The van der Waals surface area contributed by atoms with Crippen molar-refractivity contribution in [2.75, 3.05) is 86.4 Å². The van der Waals surface area contributed by atoms with Crippen LogP contribution in [-0.4, -0.2) is 162 Å². The Morgan fingerprint density at radius 1 is 0.351 bits per heavy atom. The molecule has 8 rings (SSSR count). The van der Waals surface area contributed by atoms with E-state index < -0.39 is 70.4 Å². The zero-order chi connectivity index (χ0) is 100. The summed E-state index contributed by atoms with van der Waals surface area (Å²) in [6.45, 7) is 46.4. The van der Waals surface area contributed by atoms with Gasteiger partial charge in [0.15, 0.2) is 36.3 Å². The summed E-state index contributed by atoms with van der Waals surface area (Å²) >= 11 is 1.57. The third kappa shape index (κ3) is 32.2. The number of hydrogen-bond acceptors (Lipinski definition) is 28. The van der Waals surface area contributed by atoms with Crippen molar-refractivity contribution < 1.29 is 103 Å². The average Bonchev–Trinajstić information content (AvgIpc) is 1.82. The number of carbonyl (C=O) groups is 5. The van der Waals surface area contributed by atoms with E-state index in [1.54, 1.807) is 49.5 Å². The summed E-state index contributed by atoms with van der Waals surface area (Å²) in [6, 6.07) is 39.6. The SMILES string of the molecule is CCn1nc(C)c(C)c1/C(OCOC(=O)OCC(=O)OC)=C(\C#N)c1ccc(C(C)(C)C)cc1.CCn1nc(C)c(C)c1/C(OCOC(=O)OCC(F)(F)F)=C(\C#N)c1ccc(C(C)(C)C)cc1.CCn1nc(C)c(C)c1/C(OCOC(=O)OCCOC)=C(\C#N)c1ccc(C(C)(C)C)cc1.CCn1nc(C)c(C)c1/C(OCOC(=O)OCCSC)=C(\C#N)c1ccc(C(C)(C)C)cc1. The van der Waals surface area contributed by atoms with Crippen molar-refractivity contribution in [1.82, 2.24) is 39.1 Å². The Morgan fingerprint density at radius 3 is 0.799 bits per heavy atom. The number of benzene rings is 4. The van der Waals surface area contributed by atoms with Crippen molar-refractivity contribution >= 4 is 87.7 Å². The van der Waals surface area contributed by atoms with Gasteiger partial charge in [-0.1, -0.05) is 180 Å². The molecule has 4 aromatic carbocycles. The van der Waals surface area contributed by atoms with Crippen LogP contribution in [-0.2, 0) is 119 Å². The minimum atomic E-state index is -4.68. The Kier molecular flexibility index (Phi) is 42.7. The summed E-state index contributed by atoms with van der Waals surface area (Å²) in [4.78, 5) is 58.1. The van der Waals surface area contributed by atoms with Gasteiger partial charge in [0.2, 0.25) is 27.2 Å². The molecule has 0 saturated carbocycles. The quantitative estimate of drug-likeness (QED) is 0.00920. The minimum Gasteiger partial charge on any atom is -0.466 e. The standard InChI is InChI=1S/C25H31N3O6.C25H33N3O5.C25H33N3O4S.C24H28F3N3O4/c1-8-28-22(16(2)17(3)27-28)23(33-15-34-24(30)32-14-21(29)31-7)20(13-26)18-9-11-19(12-10-18)25(4,5)6;1-8-28-22(17(2)18(3)27-28)23(32-16-33-24(29)31-14-13-30-7)21(15-26)19-9-11-20(12-10-19)25(4,5)6;1-8-28-22(17(2)18(3)27-28)23(31-16-32-24(29)30-13-14-33-7)21(15-26)19-9-11-20(12-10-19)25(4,5)6;1-7-30-20(15(2)16(3)29-30)21(33-14-34-22(31)32-13-24(25,26)27)19(12-28)17-8-10-18(11-9-17)23(4,5)6/h9-12H,8,14-15H2,1-7H3;2*9-12H,8,13-14,16H2,1-7H3;8-11H,7,13-14H2,1-6H3/b23-20-;2*23-21-;21-19-. The fourth-order valence-electron chi connectivity index (χ4n) is 12.8. The van der Waals surface area contributed by atoms with Crippen LogP contribution < -0.4 is 0 Å². The lowest BCUT2D eigenvalue weighted by Crippen LogP contribution is -2.21. The summed E-state index contributed by atoms with van der Waals surface area (Å²) in [5.41, 5.74) is 17.1. The molecule has 0 spiro atoms. The molecule has 0 unspecified atom stereocenters. The molecule has 35 heteroatoms. The van der Waals surface area contributed by atoms with Crippen LogP contribution in [0.2, 0.25) is 0 Å². The largest absolute Gasteiger partial charge is 0.511 e. The first kappa shape index (κ1) is 111. The molecular formula is C99H125F3N12O19S. The summed E-state index contributed by atoms with van der Waals surface area (Å²) in [5.74, 6) is 0.894. The topological polar surface area (TPSA) is 381 Å². The molecular weight excluding hydrogens is 1750 g/mol. The lowest BCUT2D eigenvalue weighted by atomic mass is 9.86. The number of esters is 1. The van der Waals surface area contributed by atoms with Crippen molar-refractivity contribution in [2.45, 2.75) is 220 Å². The lowest BCUT2D eigenvalue weighted by Gasteiger charge is -2.19. The van der Waals surface area contributed by atoms with Crippen LogP contribution in [0, 0.1) is 101 Å². The Hall–Kier alpha value is -13.5. The number of nitrogens with zero attached hydrogens (tertiary/aromatic N) is 12. The number of ether oxygens (including phenoxy) is 14. The van der Waals surface area contributed by atoms with Gasteiger partial charge in [0.05, 0.1) is 36.5 Å². The molecule has 0 saturated heterocycles. The second-order valence-corrected chi connectivity index (χ2v) is 35.1. The highest BCUT2D eigenvalue weighted by Gasteiger charge is 2.33. The van der Waals surface area contributed by atoms with Gasteiger partial charge in [-0.15, -0.1) is 0 Å². The van der Waals surface area contributed by atoms with Gasteiger partial charge in [0.25, 0.3) is 0 Å². The van der Waals surface area contributed by atoms with Gasteiger partial charge >= 0.3 is 36.8 Å². The zero-order valence-electron chi connectivity index (χ0n) is 81.8. The lowest BCUT2D eigenvalue weighted by molar-refractivity contribution is -0.167. The van der Waals surface area contributed by atoms with Gasteiger partial charge in [-0.3, -0.25) is 18.7 Å². The van der Waals surface area contributed by atoms with Gasteiger partial charge in [0, 0.05) is 61.3 Å². The predicted molar refractivity (Wildman–Crippen MR) is 502 cm³/mol. The van der Waals surface area contributed by atoms with Gasteiger partial charge in [-0.25, -0.2) is 24.0 Å². The van der Waals surface area contributed by atoms with E-state index in [4.69, 9.17) is 47.4 Å². The third-order valence-electron chi connectivity index (χ3n) is 20.7. The van der Waals surface area contributed by atoms with Crippen molar-refractivity contribution in [3.63, 3.8) is 0 Å². The fourth-order valence-corrected chi connectivity index (χ4v) is 13.0. The number of thioether (sulfide) groups is 1. The monoisotopic (exact) mass is 1870 g/mol. The Bertz CT molecular complexity index is 5460. The van der Waals surface area contributed by atoms with E-state index in [2.05, 4.69) is 147 Å². The molecule has 0 aliphatic carbocycles. The molecule has 0 aliphatic heterocycles. The highest BCUT2D eigenvalue weighted by atomic mass is 32.2. The molecule has 722 valence electrons. The van der Waals surface area contributed by atoms with E-state index in [0.29, 0.717) is 105 Å². The highest BCUT2D eigenvalue weighted by Crippen LogP contribution is 2.39. The molecule has 0 radical (unpaired) electrons. The number of methoxy groups -OCH3 is 2. The minimum absolute atomic E-state index is 0.00655. The predicted octanol–water partition coefficient (Wildman–Crippen LogP) is 21.1. The molecule has 0 atom stereocenters. The summed E-state index contributed by atoms with van der Waals surface area (Å²) in [5, 5.41) is 58.3. The van der Waals surface area contributed by atoms with Gasteiger partial charge < -0.3 is 66.3 Å². The van der Waals surface area contributed by atoms with Crippen LogP contribution in [0.15, 0.2) is 97.1 Å². The number of nitriles is 4. The molecule has 0 bridgehead atoms. The molecule has 0 aliphatic rings. The molecule has 8 aromatic rings. The average molecular weight is 1880 g/mol. The Morgan fingerprint density at radius 2 is 0.590 bits per heavy atom. The fraction of sp³-hybridized carbons (Fsp3) is 0.465. The highest BCUT2D eigenvalue weighted by molar-refractivity contribution is 7.98. The first-order chi connectivity index (χ1) is 63.1. The number of rotatable bonds is 33. The number of allylic oxidation sites excluding steroid dienone is 4. The first-order valence-corrected chi connectivity index (χ1v) is 44.5. The maximum absolute atomic E-state index is 12.2. The second-order valence-electron chi connectivity index (χ2n) is 34.1. The van der Waals surface area contributed by atoms with Crippen LogP contribution in [0.4, 0.5) is 32.3 Å². The first-order valence-electron chi connectivity index (χ1n) is 43.1. The van der Waals surface area contributed by atoms with Gasteiger partial charge in [0.1, 0.15) is 82.6 Å². The van der Waals surface area contributed by atoms with Gasteiger partial charge in [-0.2, -0.15) is 66.4 Å². The van der Waals surface area contributed by atoms with Gasteiger partial charge in [-0.05, 0) is 156 Å². The normalized spacial score (nSPS) is 12.1. The Labute approximate surface area is 787 Å². The van der Waals surface area contributed by atoms with E-state index in [-0.39, 0.29) is 70.9 Å². The number of alkyl halides is 3. The number of carbonyl (C=O) groups excluding carboxylic acids is 5. The van der Waals surface area contributed by atoms with Crippen molar-refractivity contribution in [2.24, 2.45) is 0 Å². The molecule has 0 fully saturated rings. The molecule has 4 heterocycles. The number of hydrogen-bond donors (Lipinski definition) is 0. The number of halogens is 3. The van der Waals surface area contributed by atoms with Crippen LogP contribution >= 0.6 is 11.8 Å². The number of aryl methyl sites for hydroxylation is 8. The van der Waals surface area contributed by atoms with Crippen LogP contribution in [0.25, 0.3) is 45.3 Å². The summed E-state index contributed by atoms with van der Waals surface area (Å²) in [6.07, 6.45) is -7.09. The van der Waals surface area contributed by atoms with Crippen LogP contribution in [0.5, 0.6) is 0 Å². The van der Waals surface area contributed by atoms with E-state index in [1.165, 1.54) is 14.2 Å². The molecule has 31 nitrogen and oxygen atoms in total. The van der Waals surface area contributed by atoms with E-state index in [0.717, 1.165) is 61.6 Å². The molecule has 0 amide bonds.